The molecule has 5 rings (SSSR count). The lowest BCUT2D eigenvalue weighted by Crippen LogP contribution is -2.49. The van der Waals surface area contributed by atoms with Crippen LogP contribution < -0.4 is 4.90 Å². The van der Waals surface area contributed by atoms with Crippen molar-refractivity contribution in [3.63, 3.8) is 0 Å². The number of carbonyl (C=O) groups is 1. The fraction of sp³-hybridized carbons (Fsp3) is 0.217. The standard InChI is InChI=1S/C23H22N6O/c1-17-26-20-8-5-11-25-22(20)29(17)19-7-4-6-18(16-19)23(30)28-14-12-27(13-15-28)21-9-2-3-10-24-21/h2-11,16H,12-15H2,1H3. The Labute approximate surface area is 174 Å². The molecule has 0 N–H and O–H groups in total. The van der Waals surface area contributed by atoms with Gasteiger partial charge < -0.3 is 9.80 Å². The van der Waals surface area contributed by atoms with Crippen molar-refractivity contribution in [3.05, 3.63) is 78.4 Å². The van der Waals surface area contributed by atoms with Gasteiger partial charge in [-0.3, -0.25) is 9.36 Å². The highest BCUT2D eigenvalue weighted by molar-refractivity contribution is 5.95. The predicted octanol–water partition coefficient (Wildman–Crippen LogP) is 3.09. The topological polar surface area (TPSA) is 67.2 Å². The Morgan fingerprint density at radius 1 is 0.900 bits per heavy atom. The van der Waals surface area contributed by atoms with Gasteiger partial charge in [-0.25, -0.2) is 15.0 Å². The number of hydrogen-bond acceptors (Lipinski definition) is 5. The lowest BCUT2D eigenvalue weighted by molar-refractivity contribution is 0.0746. The van der Waals surface area contributed by atoms with Gasteiger partial charge >= 0.3 is 0 Å². The number of imidazole rings is 1. The first kappa shape index (κ1) is 18.3. The summed E-state index contributed by atoms with van der Waals surface area (Å²) in [5, 5.41) is 0. The van der Waals surface area contributed by atoms with E-state index in [1.54, 1.807) is 12.4 Å². The summed E-state index contributed by atoms with van der Waals surface area (Å²) >= 11 is 0. The van der Waals surface area contributed by atoms with Gasteiger partial charge in [-0.2, -0.15) is 0 Å². The van der Waals surface area contributed by atoms with E-state index in [4.69, 9.17) is 0 Å². The molecule has 4 aromatic rings. The SMILES string of the molecule is Cc1nc2cccnc2n1-c1cccc(C(=O)N2CCN(c3ccccn3)CC2)c1. The number of hydrogen-bond donors (Lipinski definition) is 0. The van der Waals surface area contributed by atoms with E-state index in [0.717, 1.165) is 41.6 Å². The maximum absolute atomic E-state index is 13.2. The van der Waals surface area contributed by atoms with Gasteiger partial charge in [0.2, 0.25) is 0 Å². The number of nitrogens with zero attached hydrogens (tertiary/aromatic N) is 6. The van der Waals surface area contributed by atoms with E-state index in [-0.39, 0.29) is 5.91 Å². The molecule has 0 radical (unpaired) electrons. The van der Waals surface area contributed by atoms with Gasteiger partial charge in [0.25, 0.3) is 5.91 Å². The summed E-state index contributed by atoms with van der Waals surface area (Å²) in [6.07, 6.45) is 3.56. The lowest BCUT2D eigenvalue weighted by Gasteiger charge is -2.35. The minimum atomic E-state index is 0.0487. The van der Waals surface area contributed by atoms with Crippen LogP contribution in [0.15, 0.2) is 67.0 Å². The maximum atomic E-state index is 13.2. The van der Waals surface area contributed by atoms with Gasteiger partial charge in [-0.1, -0.05) is 12.1 Å². The van der Waals surface area contributed by atoms with Crippen LogP contribution in [0.3, 0.4) is 0 Å². The third-order valence-electron chi connectivity index (χ3n) is 5.48. The molecule has 7 nitrogen and oxygen atoms in total. The number of carbonyl (C=O) groups excluding carboxylic acids is 1. The summed E-state index contributed by atoms with van der Waals surface area (Å²) in [5.74, 6) is 1.85. The molecule has 150 valence electrons. The Kier molecular flexibility index (Phi) is 4.63. The van der Waals surface area contributed by atoms with E-state index in [1.807, 2.05) is 71.0 Å². The molecule has 3 aromatic heterocycles. The predicted molar refractivity (Wildman–Crippen MR) is 116 cm³/mol. The molecule has 1 aliphatic heterocycles. The van der Waals surface area contributed by atoms with Crippen LogP contribution in [0.5, 0.6) is 0 Å². The number of anilines is 1. The Balaban J connectivity index is 1.37. The van der Waals surface area contributed by atoms with E-state index in [2.05, 4.69) is 19.9 Å². The highest BCUT2D eigenvalue weighted by Crippen LogP contribution is 2.21. The van der Waals surface area contributed by atoms with Gasteiger partial charge in [0, 0.05) is 49.8 Å². The molecule has 1 saturated heterocycles. The largest absolute Gasteiger partial charge is 0.353 e. The van der Waals surface area contributed by atoms with Crippen LogP contribution in [0.1, 0.15) is 16.2 Å². The van der Waals surface area contributed by atoms with Gasteiger partial charge in [0.1, 0.15) is 17.2 Å². The maximum Gasteiger partial charge on any atom is 0.254 e. The Bertz CT molecular complexity index is 1190. The monoisotopic (exact) mass is 398 g/mol. The summed E-state index contributed by atoms with van der Waals surface area (Å²) in [6.45, 7) is 4.85. The van der Waals surface area contributed by atoms with Gasteiger partial charge in [0.05, 0.1) is 0 Å². The van der Waals surface area contributed by atoms with Gasteiger partial charge in [-0.15, -0.1) is 0 Å². The van der Waals surface area contributed by atoms with Crippen molar-refractivity contribution in [2.75, 3.05) is 31.1 Å². The number of aryl methyl sites for hydroxylation is 1. The fourth-order valence-electron chi connectivity index (χ4n) is 3.97. The van der Waals surface area contributed by atoms with Crippen molar-refractivity contribution in [2.45, 2.75) is 6.92 Å². The lowest BCUT2D eigenvalue weighted by atomic mass is 10.1. The molecule has 0 unspecified atom stereocenters. The van der Waals surface area contributed by atoms with E-state index in [1.165, 1.54) is 0 Å². The first-order valence-electron chi connectivity index (χ1n) is 10.1. The first-order valence-corrected chi connectivity index (χ1v) is 10.1. The van der Waals surface area contributed by atoms with Crippen molar-refractivity contribution < 1.29 is 4.79 Å². The minimum Gasteiger partial charge on any atom is -0.353 e. The first-order chi connectivity index (χ1) is 14.7. The van der Waals surface area contributed by atoms with Gasteiger partial charge in [-0.05, 0) is 49.4 Å². The Hall–Kier alpha value is -3.74. The van der Waals surface area contributed by atoms with E-state index in [9.17, 15) is 4.79 Å². The summed E-state index contributed by atoms with van der Waals surface area (Å²) in [7, 11) is 0. The molecular weight excluding hydrogens is 376 g/mol. The molecule has 1 amide bonds. The normalized spacial score (nSPS) is 14.3. The summed E-state index contributed by atoms with van der Waals surface area (Å²) in [5.41, 5.74) is 3.21. The van der Waals surface area contributed by atoms with Crippen LogP contribution in [0.4, 0.5) is 5.82 Å². The van der Waals surface area contributed by atoms with Gasteiger partial charge in [0.15, 0.2) is 5.65 Å². The zero-order chi connectivity index (χ0) is 20.5. The molecule has 1 fully saturated rings. The molecule has 0 spiro atoms. The molecule has 30 heavy (non-hydrogen) atoms. The van der Waals surface area contributed by atoms with Crippen molar-refractivity contribution in [3.8, 4) is 5.69 Å². The second-order valence-electron chi connectivity index (χ2n) is 7.36. The van der Waals surface area contributed by atoms with Crippen LogP contribution in [0, 0.1) is 6.92 Å². The summed E-state index contributed by atoms with van der Waals surface area (Å²) < 4.78 is 1.99. The van der Waals surface area contributed by atoms with Crippen molar-refractivity contribution in [1.29, 1.82) is 0 Å². The molecule has 4 heterocycles. The number of rotatable bonds is 3. The number of benzene rings is 1. The van der Waals surface area contributed by atoms with E-state index >= 15 is 0 Å². The van der Waals surface area contributed by atoms with Crippen LogP contribution in [0.2, 0.25) is 0 Å². The fourth-order valence-corrected chi connectivity index (χ4v) is 3.97. The second kappa shape index (κ2) is 7.59. The average Bonchev–Trinajstić information content (AvgIpc) is 3.15. The van der Waals surface area contributed by atoms with Crippen LogP contribution in [-0.4, -0.2) is 56.5 Å². The third-order valence-corrected chi connectivity index (χ3v) is 5.48. The van der Waals surface area contributed by atoms with Crippen molar-refractivity contribution in [1.82, 2.24) is 24.4 Å². The molecule has 7 heteroatoms. The highest BCUT2D eigenvalue weighted by atomic mass is 16.2. The second-order valence-corrected chi connectivity index (χ2v) is 7.36. The number of fused-ring (bicyclic) bond motifs is 1. The van der Waals surface area contributed by atoms with Crippen LogP contribution >= 0.6 is 0 Å². The smallest absolute Gasteiger partial charge is 0.254 e. The molecule has 0 bridgehead atoms. The molecule has 1 aliphatic rings. The molecule has 0 saturated carbocycles. The van der Waals surface area contributed by atoms with Crippen LogP contribution in [-0.2, 0) is 0 Å². The number of amides is 1. The molecule has 0 aliphatic carbocycles. The number of pyridine rings is 2. The number of aromatic nitrogens is 4. The minimum absolute atomic E-state index is 0.0487. The highest BCUT2D eigenvalue weighted by Gasteiger charge is 2.23. The van der Waals surface area contributed by atoms with Crippen molar-refractivity contribution in [2.24, 2.45) is 0 Å². The van der Waals surface area contributed by atoms with E-state index in [0.29, 0.717) is 18.7 Å². The summed E-state index contributed by atoms with van der Waals surface area (Å²) in [4.78, 5) is 30.8. The van der Waals surface area contributed by atoms with E-state index < -0.39 is 0 Å². The average molecular weight is 398 g/mol. The third kappa shape index (κ3) is 3.28. The van der Waals surface area contributed by atoms with Crippen molar-refractivity contribution >= 4 is 22.9 Å². The Morgan fingerprint density at radius 2 is 1.73 bits per heavy atom. The Morgan fingerprint density at radius 3 is 2.53 bits per heavy atom. The summed E-state index contributed by atoms with van der Waals surface area (Å²) in [6, 6.07) is 17.4. The molecule has 0 atom stereocenters. The zero-order valence-corrected chi connectivity index (χ0v) is 16.8. The molecule has 1 aromatic carbocycles. The van der Waals surface area contributed by atoms with Crippen LogP contribution in [0.25, 0.3) is 16.9 Å². The number of piperazine rings is 1. The zero-order valence-electron chi connectivity index (χ0n) is 16.8. The molecular formula is C23H22N6O. The quantitative estimate of drug-likeness (QED) is 0.531.